The van der Waals surface area contributed by atoms with Crippen molar-refractivity contribution in [2.24, 2.45) is 5.41 Å². The van der Waals surface area contributed by atoms with Crippen LogP contribution in [0.2, 0.25) is 0 Å². The van der Waals surface area contributed by atoms with E-state index in [1.54, 1.807) is 0 Å². The number of hydrogen-bond donors (Lipinski definition) is 2. The SMILES string of the molecule is CCCCCCOCC(O)CNCC1(C)CCOCC1. The molecule has 1 atom stereocenters. The predicted molar refractivity (Wildman–Crippen MR) is 82.0 cm³/mol. The van der Waals surface area contributed by atoms with E-state index in [0.717, 1.165) is 45.6 Å². The van der Waals surface area contributed by atoms with Gasteiger partial charge >= 0.3 is 0 Å². The van der Waals surface area contributed by atoms with Gasteiger partial charge < -0.3 is 19.9 Å². The molecule has 0 aromatic carbocycles. The number of aliphatic hydroxyl groups is 1. The fourth-order valence-electron chi connectivity index (χ4n) is 2.49. The van der Waals surface area contributed by atoms with Crippen LogP contribution in [0.5, 0.6) is 0 Å². The second-order valence-corrected chi connectivity index (χ2v) is 6.34. The summed E-state index contributed by atoms with van der Waals surface area (Å²) in [5, 5.41) is 13.2. The lowest BCUT2D eigenvalue weighted by molar-refractivity contribution is 0.0159. The fourth-order valence-corrected chi connectivity index (χ4v) is 2.49. The van der Waals surface area contributed by atoms with E-state index < -0.39 is 6.10 Å². The molecule has 0 saturated carbocycles. The minimum atomic E-state index is -0.399. The van der Waals surface area contributed by atoms with Crippen molar-refractivity contribution in [1.82, 2.24) is 5.32 Å². The molecule has 1 heterocycles. The molecular formula is C16H33NO3. The number of ether oxygens (including phenoxy) is 2. The molecule has 1 aliphatic rings. The van der Waals surface area contributed by atoms with E-state index in [0.29, 0.717) is 18.6 Å². The Morgan fingerprint density at radius 2 is 2.00 bits per heavy atom. The van der Waals surface area contributed by atoms with Crippen molar-refractivity contribution < 1.29 is 14.6 Å². The maximum absolute atomic E-state index is 9.85. The number of unbranched alkanes of at least 4 members (excludes halogenated alkanes) is 3. The van der Waals surface area contributed by atoms with Crippen LogP contribution in [0.15, 0.2) is 0 Å². The molecule has 0 aromatic heterocycles. The Morgan fingerprint density at radius 1 is 1.25 bits per heavy atom. The van der Waals surface area contributed by atoms with E-state index in [9.17, 15) is 5.11 Å². The molecule has 20 heavy (non-hydrogen) atoms. The summed E-state index contributed by atoms with van der Waals surface area (Å²) in [4.78, 5) is 0. The van der Waals surface area contributed by atoms with Crippen molar-refractivity contribution in [2.45, 2.75) is 58.5 Å². The summed E-state index contributed by atoms with van der Waals surface area (Å²) in [6, 6.07) is 0. The molecule has 1 unspecified atom stereocenters. The van der Waals surface area contributed by atoms with E-state index >= 15 is 0 Å². The molecule has 0 spiro atoms. The van der Waals surface area contributed by atoms with Crippen LogP contribution >= 0.6 is 0 Å². The van der Waals surface area contributed by atoms with Crippen LogP contribution in [0.3, 0.4) is 0 Å². The second-order valence-electron chi connectivity index (χ2n) is 6.34. The van der Waals surface area contributed by atoms with Crippen molar-refractivity contribution in [3.63, 3.8) is 0 Å². The summed E-state index contributed by atoms with van der Waals surface area (Å²) in [5.74, 6) is 0. The fraction of sp³-hybridized carbons (Fsp3) is 1.00. The Kier molecular flexibility index (Phi) is 9.44. The summed E-state index contributed by atoms with van der Waals surface area (Å²) in [6.07, 6.45) is 6.65. The Balaban J connectivity index is 1.95. The van der Waals surface area contributed by atoms with E-state index in [1.807, 2.05) is 0 Å². The Bertz CT molecular complexity index is 230. The zero-order valence-corrected chi connectivity index (χ0v) is 13.3. The van der Waals surface area contributed by atoms with E-state index in [2.05, 4.69) is 19.2 Å². The number of hydrogen-bond acceptors (Lipinski definition) is 4. The molecule has 1 saturated heterocycles. The molecule has 1 fully saturated rings. The Hall–Kier alpha value is -0.160. The van der Waals surface area contributed by atoms with Gasteiger partial charge in [-0.15, -0.1) is 0 Å². The van der Waals surface area contributed by atoms with Crippen LogP contribution in [-0.4, -0.2) is 50.7 Å². The van der Waals surface area contributed by atoms with Gasteiger partial charge in [-0.05, 0) is 24.7 Å². The van der Waals surface area contributed by atoms with Crippen molar-refractivity contribution in [3.8, 4) is 0 Å². The average molecular weight is 287 g/mol. The normalized spacial score (nSPS) is 19.9. The van der Waals surface area contributed by atoms with Crippen LogP contribution in [-0.2, 0) is 9.47 Å². The van der Waals surface area contributed by atoms with Crippen molar-refractivity contribution >= 4 is 0 Å². The molecule has 0 aromatic rings. The summed E-state index contributed by atoms with van der Waals surface area (Å²) in [7, 11) is 0. The minimum Gasteiger partial charge on any atom is -0.389 e. The van der Waals surface area contributed by atoms with Gasteiger partial charge in [0.25, 0.3) is 0 Å². The van der Waals surface area contributed by atoms with Crippen molar-refractivity contribution in [1.29, 1.82) is 0 Å². The van der Waals surface area contributed by atoms with Gasteiger partial charge in [0.05, 0.1) is 12.7 Å². The molecule has 0 aliphatic carbocycles. The third-order valence-corrected chi connectivity index (χ3v) is 4.08. The lowest BCUT2D eigenvalue weighted by atomic mass is 9.82. The van der Waals surface area contributed by atoms with Gasteiger partial charge in [-0.25, -0.2) is 0 Å². The van der Waals surface area contributed by atoms with Crippen LogP contribution in [0.1, 0.15) is 52.4 Å². The lowest BCUT2D eigenvalue weighted by Gasteiger charge is -2.34. The van der Waals surface area contributed by atoms with Crippen LogP contribution in [0.4, 0.5) is 0 Å². The maximum Gasteiger partial charge on any atom is 0.0897 e. The monoisotopic (exact) mass is 287 g/mol. The van der Waals surface area contributed by atoms with Crippen molar-refractivity contribution in [2.75, 3.05) is 39.5 Å². The largest absolute Gasteiger partial charge is 0.389 e. The zero-order valence-electron chi connectivity index (χ0n) is 13.3. The lowest BCUT2D eigenvalue weighted by Crippen LogP contribution is -2.40. The topological polar surface area (TPSA) is 50.7 Å². The molecular weight excluding hydrogens is 254 g/mol. The number of aliphatic hydroxyl groups excluding tert-OH is 1. The molecule has 120 valence electrons. The van der Waals surface area contributed by atoms with Crippen LogP contribution < -0.4 is 5.32 Å². The quantitative estimate of drug-likeness (QED) is 0.573. The summed E-state index contributed by atoms with van der Waals surface area (Å²) in [6.45, 7) is 9.00. The van der Waals surface area contributed by atoms with Gasteiger partial charge in [-0.2, -0.15) is 0 Å². The van der Waals surface area contributed by atoms with Gasteiger partial charge in [0.15, 0.2) is 0 Å². The van der Waals surface area contributed by atoms with Gasteiger partial charge in [-0.3, -0.25) is 0 Å². The van der Waals surface area contributed by atoms with Gasteiger partial charge in [0, 0.05) is 32.9 Å². The molecule has 2 N–H and O–H groups in total. The van der Waals surface area contributed by atoms with Crippen molar-refractivity contribution in [3.05, 3.63) is 0 Å². The first kappa shape index (κ1) is 17.9. The Labute approximate surface area is 124 Å². The van der Waals surface area contributed by atoms with Gasteiger partial charge in [-0.1, -0.05) is 33.1 Å². The molecule has 1 aliphatic heterocycles. The predicted octanol–water partition coefficient (Wildman–Crippen LogP) is 2.35. The summed E-state index contributed by atoms with van der Waals surface area (Å²) in [5.41, 5.74) is 0.318. The molecule has 0 bridgehead atoms. The first-order chi connectivity index (χ1) is 9.66. The maximum atomic E-state index is 9.85. The highest BCUT2D eigenvalue weighted by Crippen LogP contribution is 2.28. The smallest absolute Gasteiger partial charge is 0.0897 e. The standard InChI is InChI=1S/C16H33NO3/c1-3-4-5-6-9-20-13-15(18)12-17-14-16(2)7-10-19-11-8-16/h15,17-18H,3-14H2,1-2H3. The number of nitrogens with one attached hydrogen (secondary N) is 1. The van der Waals surface area contributed by atoms with Crippen LogP contribution in [0.25, 0.3) is 0 Å². The molecule has 4 heteroatoms. The van der Waals surface area contributed by atoms with E-state index in [-0.39, 0.29) is 0 Å². The summed E-state index contributed by atoms with van der Waals surface area (Å²) >= 11 is 0. The number of rotatable bonds is 11. The molecule has 0 amide bonds. The van der Waals surface area contributed by atoms with Crippen LogP contribution in [0, 0.1) is 5.41 Å². The minimum absolute atomic E-state index is 0.318. The highest BCUT2D eigenvalue weighted by molar-refractivity contribution is 4.79. The highest BCUT2D eigenvalue weighted by Gasteiger charge is 2.26. The summed E-state index contributed by atoms with van der Waals surface area (Å²) < 4.78 is 10.9. The zero-order chi connectivity index (χ0) is 14.7. The third kappa shape index (κ3) is 8.20. The highest BCUT2D eigenvalue weighted by atomic mass is 16.5. The first-order valence-corrected chi connectivity index (χ1v) is 8.20. The molecule has 4 nitrogen and oxygen atoms in total. The first-order valence-electron chi connectivity index (χ1n) is 8.20. The van der Waals surface area contributed by atoms with E-state index in [1.165, 1.54) is 19.3 Å². The average Bonchev–Trinajstić information content (AvgIpc) is 2.43. The van der Waals surface area contributed by atoms with Gasteiger partial charge in [0.2, 0.25) is 0 Å². The molecule has 1 rings (SSSR count). The van der Waals surface area contributed by atoms with E-state index in [4.69, 9.17) is 9.47 Å². The molecule has 0 radical (unpaired) electrons. The van der Waals surface area contributed by atoms with Gasteiger partial charge in [0.1, 0.15) is 0 Å². The second kappa shape index (κ2) is 10.6. The third-order valence-electron chi connectivity index (χ3n) is 4.08. The Morgan fingerprint density at radius 3 is 2.70 bits per heavy atom.